The normalized spacial score (nSPS) is 10.9. The monoisotopic (exact) mass is 419 g/mol. The Kier molecular flexibility index (Phi) is 8.29. The first-order valence-electron chi connectivity index (χ1n) is 6.49. The van der Waals surface area contributed by atoms with Gasteiger partial charge in [0.05, 0.1) is 0 Å². The van der Waals surface area contributed by atoms with Gasteiger partial charge in [0.1, 0.15) is 5.82 Å². The summed E-state index contributed by atoms with van der Waals surface area (Å²) in [5, 5.41) is 8.49. The molecule has 0 radical (unpaired) electrons. The molecule has 1 heterocycles. The zero-order valence-electron chi connectivity index (χ0n) is 11.8. The Bertz CT molecular complexity index is 558. The Morgan fingerprint density at radius 3 is 2.76 bits per heavy atom. The van der Waals surface area contributed by atoms with Crippen LogP contribution in [0.1, 0.15) is 10.4 Å². The van der Waals surface area contributed by atoms with Gasteiger partial charge in [-0.3, -0.25) is 4.99 Å². The van der Waals surface area contributed by atoms with E-state index in [1.54, 1.807) is 24.5 Å². The van der Waals surface area contributed by atoms with E-state index in [2.05, 4.69) is 33.1 Å². The Balaban J connectivity index is 0.00000220. The predicted molar refractivity (Wildman–Crippen MR) is 98.0 cm³/mol. The Hall–Kier alpha value is -1.15. The van der Waals surface area contributed by atoms with Crippen molar-refractivity contribution < 1.29 is 4.39 Å². The van der Waals surface area contributed by atoms with E-state index in [1.165, 1.54) is 17.0 Å². The number of benzene rings is 1. The summed E-state index contributed by atoms with van der Waals surface area (Å²) in [6.45, 7) is 1.37. The molecule has 0 atom stereocenters. The molecular formula is C15H19FIN3S. The van der Waals surface area contributed by atoms with Crippen molar-refractivity contribution in [3.63, 3.8) is 0 Å². The van der Waals surface area contributed by atoms with Crippen LogP contribution >= 0.6 is 35.3 Å². The molecule has 0 amide bonds. The minimum Gasteiger partial charge on any atom is -0.356 e. The third-order valence-electron chi connectivity index (χ3n) is 2.82. The van der Waals surface area contributed by atoms with Crippen LogP contribution in [0.15, 0.2) is 46.8 Å². The molecule has 0 aliphatic heterocycles. The maximum atomic E-state index is 13.1. The van der Waals surface area contributed by atoms with Gasteiger partial charge < -0.3 is 10.6 Å². The van der Waals surface area contributed by atoms with Crippen LogP contribution in [0.2, 0.25) is 0 Å². The van der Waals surface area contributed by atoms with Gasteiger partial charge in [0.2, 0.25) is 0 Å². The number of aliphatic imine (C=N–C) groups is 1. The molecule has 0 unspecified atom stereocenters. The number of halogens is 2. The standard InChI is InChI=1S/C15H18FN3S.HI/c1-17-15(18-8-7-14-6-3-9-20-14)19-11-12-4-2-5-13(16)10-12;/h2-6,9-10H,7-8,11H2,1H3,(H2,17,18,19);1H. The lowest BCUT2D eigenvalue weighted by Crippen LogP contribution is -2.37. The quantitative estimate of drug-likeness (QED) is 0.443. The molecule has 2 aromatic rings. The van der Waals surface area contributed by atoms with Crippen molar-refractivity contribution in [2.75, 3.05) is 13.6 Å². The molecule has 1 aromatic heterocycles. The molecule has 0 bridgehead atoms. The van der Waals surface area contributed by atoms with Crippen molar-refractivity contribution in [3.05, 3.63) is 58.0 Å². The van der Waals surface area contributed by atoms with Gasteiger partial charge in [-0.15, -0.1) is 35.3 Å². The number of guanidine groups is 1. The minimum absolute atomic E-state index is 0. The lowest BCUT2D eigenvalue weighted by atomic mass is 10.2. The van der Waals surface area contributed by atoms with Crippen molar-refractivity contribution in [1.29, 1.82) is 0 Å². The summed E-state index contributed by atoms with van der Waals surface area (Å²) in [4.78, 5) is 5.49. The summed E-state index contributed by atoms with van der Waals surface area (Å²) < 4.78 is 13.1. The molecule has 0 saturated carbocycles. The van der Waals surface area contributed by atoms with Crippen molar-refractivity contribution in [1.82, 2.24) is 10.6 Å². The first-order chi connectivity index (χ1) is 9.78. The Labute approximate surface area is 145 Å². The highest BCUT2D eigenvalue weighted by atomic mass is 127. The van der Waals surface area contributed by atoms with Crippen LogP contribution in [-0.2, 0) is 13.0 Å². The third-order valence-corrected chi connectivity index (χ3v) is 3.75. The second-order valence-electron chi connectivity index (χ2n) is 4.31. The van der Waals surface area contributed by atoms with E-state index in [0.29, 0.717) is 6.54 Å². The van der Waals surface area contributed by atoms with E-state index in [0.717, 1.165) is 24.5 Å². The van der Waals surface area contributed by atoms with Crippen LogP contribution in [0.5, 0.6) is 0 Å². The summed E-state index contributed by atoms with van der Waals surface area (Å²) in [6.07, 6.45) is 0.971. The lowest BCUT2D eigenvalue weighted by Gasteiger charge is -2.11. The van der Waals surface area contributed by atoms with E-state index in [-0.39, 0.29) is 29.8 Å². The number of nitrogens with zero attached hydrogens (tertiary/aromatic N) is 1. The number of hydrogen-bond donors (Lipinski definition) is 2. The van der Waals surface area contributed by atoms with Gasteiger partial charge in [-0.1, -0.05) is 18.2 Å². The maximum Gasteiger partial charge on any atom is 0.191 e. The molecule has 0 aliphatic rings. The molecule has 114 valence electrons. The fourth-order valence-corrected chi connectivity index (χ4v) is 2.52. The molecule has 0 spiro atoms. The lowest BCUT2D eigenvalue weighted by molar-refractivity contribution is 0.624. The molecule has 21 heavy (non-hydrogen) atoms. The van der Waals surface area contributed by atoms with Crippen molar-refractivity contribution in [2.45, 2.75) is 13.0 Å². The fraction of sp³-hybridized carbons (Fsp3) is 0.267. The molecule has 2 N–H and O–H groups in total. The van der Waals surface area contributed by atoms with Gasteiger partial charge in [-0.05, 0) is 35.6 Å². The summed E-state index contributed by atoms with van der Waals surface area (Å²) >= 11 is 1.75. The largest absolute Gasteiger partial charge is 0.356 e. The van der Waals surface area contributed by atoms with Crippen molar-refractivity contribution in [2.24, 2.45) is 4.99 Å². The highest BCUT2D eigenvalue weighted by molar-refractivity contribution is 14.0. The topological polar surface area (TPSA) is 36.4 Å². The van der Waals surface area contributed by atoms with Crippen LogP contribution in [0.3, 0.4) is 0 Å². The van der Waals surface area contributed by atoms with E-state index >= 15 is 0 Å². The van der Waals surface area contributed by atoms with Crippen LogP contribution in [0.25, 0.3) is 0 Å². The molecule has 1 aromatic carbocycles. The van der Waals surface area contributed by atoms with E-state index < -0.39 is 0 Å². The summed E-state index contributed by atoms with van der Waals surface area (Å²) in [5.41, 5.74) is 0.895. The minimum atomic E-state index is -0.218. The van der Waals surface area contributed by atoms with Crippen LogP contribution in [0, 0.1) is 5.82 Å². The molecule has 6 heteroatoms. The highest BCUT2D eigenvalue weighted by Gasteiger charge is 2.00. The Morgan fingerprint density at radius 2 is 2.10 bits per heavy atom. The SMILES string of the molecule is CN=C(NCCc1cccs1)NCc1cccc(F)c1.I. The molecule has 0 fully saturated rings. The van der Waals surface area contributed by atoms with E-state index in [4.69, 9.17) is 0 Å². The Morgan fingerprint density at radius 1 is 1.24 bits per heavy atom. The molecular weight excluding hydrogens is 400 g/mol. The van der Waals surface area contributed by atoms with Gasteiger partial charge >= 0.3 is 0 Å². The third kappa shape index (κ3) is 6.43. The number of hydrogen-bond acceptors (Lipinski definition) is 2. The molecule has 2 rings (SSSR count). The smallest absolute Gasteiger partial charge is 0.191 e. The zero-order valence-corrected chi connectivity index (χ0v) is 15.0. The van der Waals surface area contributed by atoms with Gasteiger partial charge in [-0.25, -0.2) is 4.39 Å². The van der Waals surface area contributed by atoms with Gasteiger partial charge in [-0.2, -0.15) is 0 Å². The summed E-state index contributed by atoms with van der Waals surface area (Å²) in [7, 11) is 1.73. The highest BCUT2D eigenvalue weighted by Crippen LogP contribution is 2.08. The number of rotatable bonds is 5. The molecule has 0 saturated heterocycles. The van der Waals surface area contributed by atoms with Crippen molar-refractivity contribution >= 4 is 41.3 Å². The molecule has 3 nitrogen and oxygen atoms in total. The van der Waals surface area contributed by atoms with Crippen LogP contribution in [-0.4, -0.2) is 19.6 Å². The number of thiophene rings is 1. The fourth-order valence-electron chi connectivity index (χ4n) is 1.81. The van der Waals surface area contributed by atoms with Crippen LogP contribution < -0.4 is 10.6 Å². The van der Waals surface area contributed by atoms with Crippen LogP contribution in [0.4, 0.5) is 4.39 Å². The number of nitrogens with one attached hydrogen (secondary N) is 2. The zero-order chi connectivity index (χ0) is 14.2. The van der Waals surface area contributed by atoms with Gasteiger partial charge in [0.25, 0.3) is 0 Å². The second-order valence-corrected chi connectivity index (χ2v) is 5.34. The van der Waals surface area contributed by atoms with E-state index in [1.807, 2.05) is 6.07 Å². The average Bonchev–Trinajstić information content (AvgIpc) is 2.96. The first-order valence-corrected chi connectivity index (χ1v) is 7.37. The van der Waals surface area contributed by atoms with Gasteiger partial charge in [0, 0.05) is 25.0 Å². The molecule has 0 aliphatic carbocycles. The van der Waals surface area contributed by atoms with E-state index in [9.17, 15) is 4.39 Å². The second kappa shape index (κ2) is 9.73. The summed E-state index contributed by atoms with van der Waals surface area (Å²) in [5.74, 6) is 0.510. The summed E-state index contributed by atoms with van der Waals surface area (Å²) in [6, 6.07) is 10.7. The maximum absolute atomic E-state index is 13.1. The predicted octanol–water partition coefficient (Wildman–Crippen LogP) is 3.41. The first kappa shape index (κ1) is 17.9. The van der Waals surface area contributed by atoms with Crippen molar-refractivity contribution in [3.8, 4) is 0 Å². The van der Waals surface area contributed by atoms with Gasteiger partial charge in [0.15, 0.2) is 5.96 Å². The average molecular weight is 419 g/mol.